The molecule has 94 valence electrons. The first-order chi connectivity index (χ1) is 7.88. The highest BCUT2D eigenvalue weighted by Crippen LogP contribution is 2.31. The van der Waals surface area contributed by atoms with Gasteiger partial charge in [-0.25, -0.2) is 9.37 Å². The van der Waals surface area contributed by atoms with Crippen LogP contribution in [0, 0.1) is 5.82 Å². The van der Waals surface area contributed by atoms with Gasteiger partial charge in [0.15, 0.2) is 11.6 Å². The van der Waals surface area contributed by atoms with E-state index in [2.05, 4.69) is 4.98 Å². The number of rotatable bonds is 1. The molecule has 1 aliphatic rings. The van der Waals surface area contributed by atoms with Crippen molar-refractivity contribution in [2.45, 2.75) is 18.6 Å². The van der Waals surface area contributed by atoms with Crippen LogP contribution in [-0.2, 0) is 6.18 Å². The molecule has 7 heteroatoms. The van der Waals surface area contributed by atoms with Crippen molar-refractivity contribution in [1.82, 2.24) is 4.98 Å². The Morgan fingerprint density at radius 2 is 2.12 bits per heavy atom. The Balaban J connectivity index is 2.26. The molecule has 0 spiro atoms. The number of nitrogens with zero attached hydrogens (tertiary/aromatic N) is 2. The predicted molar refractivity (Wildman–Crippen MR) is 54.0 cm³/mol. The number of hydrogen-bond acceptors (Lipinski definition) is 3. The maximum Gasteiger partial charge on any atom is 0.417 e. The van der Waals surface area contributed by atoms with Gasteiger partial charge in [-0.2, -0.15) is 13.2 Å². The summed E-state index contributed by atoms with van der Waals surface area (Å²) in [5.41, 5.74) is 4.56. The van der Waals surface area contributed by atoms with Gasteiger partial charge in [-0.05, 0) is 12.5 Å². The summed E-state index contributed by atoms with van der Waals surface area (Å²) < 4.78 is 50.4. The number of halogens is 4. The van der Waals surface area contributed by atoms with Crippen molar-refractivity contribution in [1.29, 1.82) is 0 Å². The lowest BCUT2D eigenvalue weighted by Crippen LogP contribution is -2.27. The van der Waals surface area contributed by atoms with Crippen molar-refractivity contribution in [3.63, 3.8) is 0 Å². The van der Waals surface area contributed by atoms with Crippen LogP contribution in [0.2, 0.25) is 0 Å². The van der Waals surface area contributed by atoms with Gasteiger partial charge in [-0.15, -0.1) is 0 Å². The topological polar surface area (TPSA) is 42.1 Å². The monoisotopic (exact) mass is 249 g/mol. The zero-order valence-corrected chi connectivity index (χ0v) is 8.84. The average Bonchev–Trinajstić information content (AvgIpc) is 2.63. The number of nitrogens with two attached hydrogens (primary N) is 1. The molecule has 1 aromatic rings. The third-order valence-corrected chi connectivity index (χ3v) is 2.67. The highest BCUT2D eigenvalue weighted by molar-refractivity contribution is 5.43. The quantitative estimate of drug-likeness (QED) is 0.771. The fraction of sp³-hybridized carbons (Fsp3) is 0.500. The zero-order chi connectivity index (χ0) is 12.6. The molecule has 1 saturated heterocycles. The average molecular weight is 249 g/mol. The third-order valence-electron chi connectivity index (χ3n) is 2.67. The van der Waals surface area contributed by atoms with E-state index in [1.165, 1.54) is 0 Å². The van der Waals surface area contributed by atoms with Crippen LogP contribution in [-0.4, -0.2) is 24.1 Å². The largest absolute Gasteiger partial charge is 0.417 e. The van der Waals surface area contributed by atoms with Crippen LogP contribution in [0.15, 0.2) is 12.3 Å². The van der Waals surface area contributed by atoms with Gasteiger partial charge in [0, 0.05) is 25.3 Å². The number of alkyl halides is 3. The van der Waals surface area contributed by atoms with Gasteiger partial charge in [-0.3, -0.25) is 0 Å². The Hall–Kier alpha value is -1.37. The van der Waals surface area contributed by atoms with E-state index in [0.717, 1.165) is 0 Å². The standard InChI is InChI=1S/C10H11F4N3/c11-8-3-6(10(12,13)14)4-16-9(8)17-2-1-7(15)5-17/h3-4,7H,1-2,5,15H2/t7-/m1/s1. The highest BCUT2D eigenvalue weighted by atomic mass is 19.4. The smallest absolute Gasteiger partial charge is 0.353 e. The van der Waals surface area contributed by atoms with Crippen LogP contribution in [0.5, 0.6) is 0 Å². The van der Waals surface area contributed by atoms with Gasteiger partial charge >= 0.3 is 6.18 Å². The summed E-state index contributed by atoms with van der Waals surface area (Å²) in [6.07, 6.45) is -3.25. The van der Waals surface area contributed by atoms with E-state index in [9.17, 15) is 17.6 Å². The van der Waals surface area contributed by atoms with E-state index in [1.54, 1.807) is 4.90 Å². The lowest BCUT2D eigenvalue weighted by atomic mass is 10.2. The molecule has 0 unspecified atom stereocenters. The summed E-state index contributed by atoms with van der Waals surface area (Å²) in [4.78, 5) is 5.09. The fourth-order valence-electron chi connectivity index (χ4n) is 1.80. The highest BCUT2D eigenvalue weighted by Gasteiger charge is 2.33. The van der Waals surface area contributed by atoms with E-state index < -0.39 is 17.6 Å². The molecule has 1 aromatic heterocycles. The molecule has 3 nitrogen and oxygen atoms in total. The van der Waals surface area contributed by atoms with Crippen LogP contribution in [0.1, 0.15) is 12.0 Å². The molecule has 1 atom stereocenters. The van der Waals surface area contributed by atoms with Gasteiger partial charge in [-0.1, -0.05) is 0 Å². The van der Waals surface area contributed by atoms with Crippen molar-refractivity contribution < 1.29 is 17.6 Å². The van der Waals surface area contributed by atoms with Crippen LogP contribution < -0.4 is 10.6 Å². The zero-order valence-electron chi connectivity index (χ0n) is 8.84. The molecule has 2 heterocycles. The summed E-state index contributed by atoms with van der Waals surface area (Å²) in [5, 5.41) is 0. The van der Waals surface area contributed by atoms with Crippen LogP contribution in [0.3, 0.4) is 0 Å². The number of hydrogen-bond donors (Lipinski definition) is 1. The molecule has 0 radical (unpaired) electrons. The lowest BCUT2D eigenvalue weighted by molar-refractivity contribution is -0.138. The molecule has 0 saturated carbocycles. The summed E-state index contributed by atoms with van der Waals surface area (Å²) in [7, 11) is 0. The van der Waals surface area contributed by atoms with Crippen molar-refractivity contribution >= 4 is 5.82 Å². The Morgan fingerprint density at radius 3 is 2.59 bits per heavy atom. The van der Waals surface area contributed by atoms with E-state index >= 15 is 0 Å². The van der Waals surface area contributed by atoms with E-state index in [1.807, 2.05) is 0 Å². The van der Waals surface area contributed by atoms with Gasteiger partial charge in [0.2, 0.25) is 0 Å². The summed E-state index contributed by atoms with van der Waals surface area (Å²) in [5.74, 6) is -1.03. The predicted octanol–water partition coefficient (Wildman–Crippen LogP) is 1.78. The molecule has 1 aliphatic heterocycles. The van der Waals surface area contributed by atoms with Crippen molar-refractivity contribution in [2.24, 2.45) is 5.73 Å². The third kappa shape index (κ3) is 2.49. The first-order valence-electron chi connectivity index (χ1n) is 5.11. The van der Waals surface area contributed by atoms with E-state index in [-0.39, 0.29) is 11.9 Å². The minimum atomic E-state index is -4.58. The number of pyridine rings is 1. The molecule has 0 aromatic carbocycles. The van der Waals surface area contributed by atoms with Crippen LogP contribution in [0.4, 0.5) is 23.4 Å². The van der Waals surface area contributed by atoms with Crippen molar-refractivity contribution in [3.8, 4) is 0 Å². The maximum atomic E-state index is 13.5. The van der Waals surface area contributed by atoms with Gasteiger partial charge in [0.25, 0.3) is 0 Å². The normalized spacial score (nSPS) is 21.0. The molecular formula is C10H11F4N3. The minimum Gasteiger partial charge on any atom is -0.353 e. The second kappa shape index (κ2) is 4.14. The fourth-order valence-corrected chi connectivity index (χ4v) is 1.80. The Kier molecular flexibility index (Phi) is 2.94. The summed E-state index contributed by atoms with van der Waals surface area (Å²) >= 11 is 0. The molecule has 0 bridgehead atoms. The van der Waals surface area contributed by atoms with E-state index in [0.29, 0.717) is 31.8 Å². The van der Waals surface area contributed by atoms with Crippen molar-refractivity contribution in [2.75, 3.05) is 18.0 Å². The molecule has 0 amide bonds. The first-order valence-corrected chi connectivity index (χ1v) is 5.11. The Morgan fingerprint density at radius 1 is 1.41 bits per heavy atom. The summed E-state index contributed by atoms with van der Waals surface area (Å²) in [6, 6.07) is 0.380. The molecule has 1 fully saturated rings. The Bertz CT molecular complexity index is 419. The van der Waals surface area contributed by atoms with E-state index in [4.69, 9.17) is 5.73 Å². The Labute approximate surface area is 95.2 Å². The molecule has 0 aliphatic carbocycles. The first kappa shape index (κ1) is 12.1. The lowest BCUT2D eigenvalue weighted by Gasteiger charge is -2.18. The molecular weight excluding hydrogens is 238 g/mol. The van der Waals surface area contributed by atoms with Gasteiger partial charge in [0.05, 0.1) is 5.56 Å². The van der Waals surface area contributed by atoms with Crippen molar-refractivity contribution in [3.05, 3.63) is 23.6 Å². The van der Waals surface area contributed by atoms with Crippen LogP contribution >= 0.6 is 0 Å². The van der Waals surface area contributed by atoms with Gasteiger partial charge < -0.3 is 10.6 Å². The molecule has 2 N–H and O–H groups in total. The maximum absolute atomic E-state index is 13.5. The second-order valence-electron chi connectivity index (χ2n) is 4.02. The molecule has 17 heavy (non-hydrogen) atoms. The molecule has 2 rings (SSSR count). The number of aromatic nitrogens is 1. The number of anilines is 1. The van der Waals surface area contributed by atoms with Crippen LogP contribution in [0.25, 0.3) is 0 Å². The minimum absolute atomic E-state index is 0.0639. The SMILES string of the molecule is N[C@@H]1CCN(c2ncc(C(F)(F)F)cc2F)C1. The second-order valence-corrected chi connectivity index (χ2v) is 4.02. The van der Waals surface area contributed by atoms with Gasteiger partial charge in [0.1, 0.15) is 0 Å². The summed E-state index contributed by atoms with van der Waals surface area (Å²) in [6.45, 7) is 0.922.